The molecule has 8 aromatic rings. The first-order valence-corrected chi connectivity index (χ1v) is 20.2. The van der Waals surface area contributed by atoms with Crippen LogP contribution in [0.1, 0.15) is 43.2 Å². The molecule has 0 aliphatic heterocycles. The molecule has 0 heteroatoms. The summed E-state index contributed by atoms with van der Waals surface area (Å²) in [6.07, 6.45) is 7.15. The molecule has 0 nitrogen and oxygen atoms in total. The molecular weight excluding hydrogens is 649 g/mol. The summed E-state index contributed by atoms with van der Waals surface area (Å²) in [5.74, 6) is 3.46. The minimum absolute atomic E-state index is 0.191. The van der Waals surface area contributed by atoms with E-state index in [2.05, 4.69) is 170 Å². The molecule has 8 aromatic carbocycles. The van der Waals surface area contributed by atoms with Crippen LogP contribution < -0.4 is 0 Å². The Kier molecular flexibility index (Phi) is 6.62. The van der Waals surface area contributed by atoms with Crippen molar-refractivity contribution in [3.8, 4) is 55.6 Å². The van der Waals surface area contributed by atoms with Gasteiger partial charge in [0.25, 0.3) is 0 Å². The van der Waals surface area contributed by atoms with Gasteiger partial charge in [0.1, 0.15) is 0 Å². The highest BCUT2D eigenvalue weighted by molar-refractivity contribution is 6.21. The summed E-state index contributed by atoms with van der Waals surface area (Å²) in [6.45, 7) is 0. The predicted octanol–water partition coefficient (Wildman–Crippen LogP) is 14.4. The highest BCUT2D eigenvalue weighted by atomic mass is 14.6. The molecule has 258 valence electrons. The van der Waals surface area contributed by atoms with Crippen LogP contribution in [-0.4, -0.2) is 0 Å². The number of fused-ring (bicyclic) bond motifs is 5. The van der Waals surface area contributed by atoms with Crippen molar-refractivity contribution in [1.82, 2.24) is 0 Å². The van der Waals surface area contributed by atoms with E-state index >= 15 is 0 Å². The van der Waals surface area contributed by atoms with Gasteiger partial charge in [0.05, 0.1) is 0 Å². The van der Waals surface area contributed by atoms with Gasteiger partial charge in [-0.3, -0.25) is 0 Å². The summed E-state index contributed by atoms with van der Waals surface area (Å²) in [5.41, 5.74) is 16.7. The van der Waals surface area contributed by atoms with E-state index in [4.69, 9.17) is 0 Å². The fourth-order valence-corrected chi connectivity index (χ4v) is 12.4. The maximum Gasteiger partial charge on any atom is 0.0272 e. The largest absolute Gasteiger partial charge is 0.0622 e. The minimum Gasteiger partial charge on any atom is -0.0622 e. The smallest absolute Gasteiger partial charge is 0.0272 e. The second-order valence-electron chi connectivity index (χ2n) is 16.8. The Morgan fingerprint density at radius 2 is 0.722 bits per heavy atom. The zero-order valence-electron chi connectivity index (χ0n) is 30.5. The lowest BCUT2D eigenvalue weighted by molar-refractivity contribution is -0.0399. The standard InChI is InChI=1S/C54H42/c1-2-10-36(11-3-1)37-18-22-39(23-19-37)52-46-13-4-6-15-48(46)53(49-16-7-5-14-47(49)52)40-24-20-38(21-25-40)41-26-27-45-44-12-8-9-17-50(44)54(51(45)33-41)42-29-34-28-35(31-42)32-43(54)30-34/h1-27,33-35,42-43H,28-32H2. The molecule has 0 saturated heterocycles. The van der Waals surface area contributed by atoms with Crippen LogP contribution in [0.25, 0.3) is 77.2 Å². The van der Waals surface area contributed by atoms with Crippen LogP contribution in [0, 0.1) is 23.7 Å². The van der Waals surface area contributed by atoms with Crippen molar-refractivity contribution in [3.63, 3.8) is 0 Å². The van der Waals surface area contributed by atoms with Crippen molar-refractivity contribution in [1.29, 1.82) is 0 Å². The maximum atomic E-state index is 2.62. The zero-order valence-corrected chi connectivity index (χ0v) is 30.5. The topological polar surface area (TPSA) is 0 Å². The minimum atomic E-state index is 0.191. The van der Waals surface area contributed by atoms with Crippen LogP contribution in [0.3, 0.4) is 0 Å². The summed E-state index contributed by atoms with van der Waals surface area (Å²) in [5, 5.41) is 5.18. The third-order valence-corrected chi connectivity index (χ3v) is 14.3. The van der Waals surface area contributed by atoms with Gasteiger partial charge in [-0.1, -0.05) is 164 Å². The molecule has 0 unspecified atom stereocenters. The lowest BCUT2D eigenvalue weighted by Crippen LogP contribution is -2.55. The average molecular weight is 691 g/mol. The molecule has 4 bridgehead atoms. The van der Waals surface area contributed by atoms with E-state index in [9.17, 15) is 0 Å². The fourth-order valence-electron chi connectivity index (χ4n) is 12.4. The average Bonchev–Trinajstić information content (AvgIpc) is 3.52. The third-order valence-electron chi connectivity index (χ3n) is 14.3. The Hall–Kier alpha value is -5.72. The van der Waals surface area contributed by atoms with Crippen molar-refractivity contribution in [2.75, 3.05) is 0 Å². The molecule has 0 amide bonds. The molecule has 0 radical (unpaired) electrons. The van der Waals surface area contributed by atoms with E-state index < -0.39 is 0 Å². The van der Waals surface area contributed by atoms with Gasteiger partial charge in [0, 0.05) is 5.41 Å². The van der Waals surface area contributed by atoms with Crippen molar-refractivity contribution in [2.45, 2.75) is 37.5 Å². The summed E-state index contributed by atoms with van der Waals surface area (Å²) in [6, 6.07) is 64.2. The normalized spacial score (nSPS) is 23.3. The first-order valence-electron chi connectivity index (χ1n) is 20.2. The van der Waals surface area contributed by atoms with Gasteiger partial charge in [0.15, 0.2) is 0 Å². The van der Waals surface area contributed by atoms with Crippen molar-refractivity contribution < 1.29 is 0 Å². The molecule has 54 heavy (non-hydrogen) atoms. The summed E-state index contributed by atoms with van der Waals surface area (Å²) >= 11 is 0. The number of hydrogen-bond donors (Lipinski definition) is 0. The van der Waals surface area contributed by atoms with Crippen LogP contribution in [0.2, 0.25) is 0 Å². The second kappa shape index (κ2) is 11.6. The van der Waals surface area contributed by atoms with Crippen LogP contribution >= 0.6 is 0 Å². The lowest BCUT2D eigenvalue weighted by atomic mass is 9.43. The van der Waals surface area contributed by atoms with E-state index in [0.29, 0.717) is 0 Å². The molecule has 5 aliphatic rings. The first kappa shape index (κ1) is 30.7. The Labute approximate surface area is 318 Å². The van der Waals surface area contributed by atoms with Gasteiger partial charge in [-0.05, 0) is 150 Å². The quantitative estimate of drug-likeness (QED) is 0.161. The molecule has 0 aromatic heterocycles. The van der Waals surface area contributed by atoms with E-state index in [1.165, 1.54) is 109 Å². The van der Waals surface area contributed by atoms with Gasteiger partial charge < -0.3 is 0 Å². The predicted molar refractivity (Wildman–Crippen MR) is 226 cm³/mol. The van der Waals surface area contributed by atoms with Crippen LogP contribution in [0.5, 0.6) is 0 Å². The second-order valence-corrected chi connectivity index (χ2v) is 16.8. The fraction of sp³-hybridized carbons (Fsp3) is 0.185. The van der Waals surface area contributed by atoms with Crippen molar-refractivity contribution in [2.24, 2.45) is 23.7 Å². The Balaban J connectivity index is 0.966. The van der Waals surface area contributed by atoms with E-state index in [0.717, 1.165) is 23.7 Å². The summed E-state index contributed by atoms with van der Waals surface area (Å²) < 4.78 is 0. The molecule has 0 atom stereocenters. The molecule has 0 heterocycles. The van der Waals surface area contributed by atoms with E-state index in [-0.39, 0.29) is 5.41 Å². The van der Waals surface area contributed by atoms with Crippen molar-refractivity contribution in [3.05, 3.63) is 181 Å². The Morgan fingerprint density at radius 1 is 0.315 bits per heavy atom. The molecule has 1 spiro atoms. The molecule has 0 N–H and O–H groups in total. The summed E-state index contributed by atoms with van der Waals surface area (Å²) in [7, 11) is 0. The molecule has 13 rings (SSSR count). The Morgan fingerprint density at radius 3 is 1.28 bits per heavy atom. The Bertz CT molecular complexity index is 2660. The number of hydrogen-bond acceptors (Lipinski definition) is 0. The zero-order chi connectivity index (χ0) is 35.4. The van der Waals surface area contributed by atoms with Crippen LogP contribution in [-0.2, 0) is 5.41 Å². The van der Waals surface area contributed by atoms with Crippen LogP contribution in [0.15, 0.2) is 170 Å². The van der Waals surface area contributed by atoms with Crippen LogP contribution in [0.4, 0.5) is 0 Å². The van der Waals surface area contributed by atoms with Gasteiger partial charge in [0.2, 0.25) is 0 Å². The van der Waals surface area contributed by atoms with Gasteiger partial charge in [-0.25, -0.2) is 0 Å². The van der Waals surface area contributed by atoms with E-state index in [1.54, 1.807) is 11.1 Å². The SMILES string of the molecule is c1ccc(-c2ccc(-c3c4ccccc4c(-c4ccc(-c5ccc6c(c5)C5(c7ccccc7-6)C6CC7CC(C6)CC5C7)cc4)c4ccccc34)cc2)cc1. The lowest BCUT2D eigenvalue weighted by Gasteiger charge is -2.61. The monoisotopic (exact) mass is 690 g/mol. The van der Waals surface area contributed by atoms with Crippen molar-refractivity contribution >= 4 is 21.5 Å². The maximum absolute atomic E-state index is 2.62. The van der Waals surface area contributed by atoms with Gasteiger partial charge in [-0.2, -0.15) is 0 Å². The number of benzene rings is 8. The van der Waals surface area contributed by atoms with Gasteiger partial charge >= 0.3 is 0 Å². The van der Waals surface area contributed by atoms with Gasteiger partial charge in [-0.15, -0.1) is 0 Å². The van der Waals surface area contributed by atoms with E-state index in [1.807, 2.05) is 0 Å². The molecule has 4 saturated carbocycles. The third kappa shape index (κ3) is 4.32. The first-order chi connectivity index (χ1) is 26.7. The molecule has 5 aliphatic carbocycles. The summed E-state index contributed by atoms with van der Waals surface area (Å²) in [4.78, 5) is 0. The highest BCUT2D eigenvalue weighted by Crippen LogP contribution is 2.69. The molecular formula is C54H42. The molecule has 4 fully saturated rings. The highest BCUT2D eigenvalue weighted by Gasteiger charge is 2.61. The number of rotatable bonds is 4.